The van der Waals surface area contributed by atoms with Gasteiger partial charge < -0.3 is 4.74 Å². The molecule has 78 valence electrons. The summed E-state index contributed by atoms with van der Waals surface area (Å²) < 4.78 is 4.98. The molecule has 0 aromatic heterocycles. The van der Waals surface area contributed by atoms with Crippen LogP contribution in [0.25, 0.3) is 0 Å². The normalized spacial score (nSPS) is 15.1. The van der Waals surface area contributed by atoms with E-state index in [1.165, 1.54) is 0 Å². The molecule has 0 saturated heterocycles. The topological polar surface area (TPSA) is 26.3 Å². The Balaban J connectivity index is 3.94. The van der Waals surface area contributed by atoms with Gasteiger partial charge in [0, 0.05) is 5.25 Å². The molecule has 0 saturated carbocycles. The van der Waals surface area contributed by atoms with Gasteiger partial charge in [-0.2, -0.15) is 0 Å². The third kappa shape index (κ3) is 5.19. The fourth-order valence-electron chi connectivity index (χ4n) is 0.930. The lowest BCUT2D eigenvalue weighted by atomic mass is 10.3. The fourth-order valence-corrected chi connectivity index (χ4v) is 2.06. The van der Waals surface area contributed by atoms with Crippen molar-refractivity contribution in [2.24, 2.45) is 0 Å². The molecule has 2 nitrogen and oxygen atoms in total. The second-order valence-electron chi connectivity index (χ2n) is 3.00. The molecule has 0 aliphatic carbocycles. The van der Waals surface area contributed by atoms with Crippen LogP contribution in [-0.2, 0) is 9.53 Å². The number of hydrogen-bond donors (Lipinski definition) is 0. The van der Waals surface area contributed by atoms with E-state index in [1.54, 1.807) is 11.8 Å². The largest absolute Gasteiger partial charge is 0.465 e. The third-order valence-corrected chi connectivity index (χ3v) is 3.54. The van der Waals surface area contributed by atoms with Crippen molar-refractivity contribution in [3.05, 3.63) is 0 Å². The maximum Gasteiger partial charge on any atom is 0.319 e. The summed E-state index contributed by atoms with van der Waals surface area (Å²) in [6, 6.07) is 0. The van der Waals surface area contributed by atoms with E-state index < -0.39 is 0 Å². The first-order valence-electron chi connectivity index (χ1n) is 4.97. The second-order valence-corrected chi connectivity index (χ2v) is 4.65. The molecule has 0 aliphatic heterocycles. The van der Waals surface area contributed by atoms with Crippen molar-refractivity contribution in [2.45, 2.75) is 51.0 Å². The van der Waals surface area contributed by atoms with Crippen LogP contribution in [0.15, 0.2) is 0 Å². The Kier molecular flexibility index (Phi) is 7.14. The molecule has 0 rings (SSSR count). The lowest BCUT2D eigenvalue weighted by molar-refractivity contribution is -0.142. The Morgan fingerprint density at radius 2 is 1.92 bits per heavy atom. The molecule has 0 aromatic carbocycles. The first-order valence-corrected chi connectivity index (χ1v) is 5.91. The molecule has 0 aliphatic rings. The maximum absolute atomic E-state index is 11.4. The highest BCUT2D eigenvalue weighted by molar-refractivity contribution is 8.01. The van der Waals surface area contributed by atoms with Crippen molar-refractivity contribution in [1.29, 1.82) is 0 Å². The Hall–Kier alpha value is -0.180. The van der Waals surface area contributed by atoms with Gasteiger partial charge in [0.15, 0.2) is 0 Å². The minimum absolute atomic E-state index is 0.0231. The van der Waals surface area contributed by atoms with E-state index in [9.17, 15) is 4.79 Å². The van der Waals surface area contributed by atoms with Gasteiger partial charge in [0.05, 0.1) is 6.61 Å². The lowest BCUT2D eigenvalue weighted by Crippen LogP contribution is -2.21. The van der Waals surface area contributed by atoms with Gasteiger partial charge >= 0.3 is 5.97 Å². The molecule has 13 heavy (non-hydrogen) atoms. The van der Waals surface area contributed by atoms with Gasteiger partial charge in [-0.1, -0.05) is 20.8 Å². The second kappa shape index (κ2) is 7.25. The van der Waals surface area contributed by atoms with Crippen LogP contribution in [-0.4, -0.2) is 23.1 Å². The zero-order valence-corrected chi connectivity index (χ0v) is 9.82. The van der Waals surface area contributed by atoms with Gasteiger partial charge in [-0.25, -0.2) is 0 Å². The summed E-state index contributed by atoms with van der Waals surface area (Å²) in [6.07, 6.45) is 1.95. The molecule has 0 heterocycles. The Morgan fingerprint density at radius 3 is 2.31 bits per heavy atom. The number of rotatable bonds is 6. The number of hydrogen-bond acceptors (Lipinski definition) is 3. The zero-order valence-electron chi connectivity index (χ0n) is 9.00. The summed E-state index contributed by atoms with van der Waals surface area (Å²) in [4.78, 5) is 11.4. The molecule has 3 heteroatoms. The van der Waals surface area contributed by atoms with Crippen LogP contribution in [0, 0.1) is 0 Å². The number of carbonyl (C=O) groups excluding carboxylic acids is 1. The van der Waals surface area contributed by atoms with Gasteiger partial charge in [0.25, 0.3) is 0 Å². The van der Waals surface area contributed by atoms with Crippen molar-refractivity contribution < 1.29 is 9.53 Å². The van der Waals surface area contributed by atoms with E-state index in [0.29, 0.717) is 11.9 Å². The van der Waals surface area contributed by atoms with Crippen molar-refractivity contribution in [2.75, 3.05) is 6.61 Å². The summed E-state index contributed by atoms with van der Waals surface area (Å²) in [6.45, 7) is 8.63. The molecule has 0 amide bonds. The van der Waals surface area contributed by atoms with Crippen LogP contribution >= 0.6 is 11.8 Å². The number of thioether (sulfide) groups is 1. The van der Waals surface area contributed by atoms with Crippen LogP contribution in [0.4, 0.5) is 0 Å². The molecule has 2 atom stereocenters. The maximum atomic E-state index is 11.4. The van der Waals surface area contributed by atoms with Gasteiger partial charge in [0.2, 0.25) is 0 Å². The minimum Gasteiger partial charge on any atom is -0.465 e. The van der Waals surface area contributed by atoms with Crippen LogP contribution in [0.2, 0.25) is 0 Å². The first kappa shape index (κ1) is 12.8. The fraction of sp³-hybridized carbons (Fsp3) is 0.900. The average Bonchev–Trinajstić information content (AvgIpc) is 2.14. The smallest absolute Gasteiger partial charge is 0.319 e. The van der Waals surface area contributed by atoms with Crippen molar-refractivity contribution in [3.8, 4) is 0 Å². The Labute approximate surface area is 85.4 Å². The number of esters is 1. The van der Waals surface area contributed by atoms with Crippen LogP contribution < -0.4 is 0 Å². The molecular weight excluding hydrogens is 184 g/mol. The number of carbonyl (C=O) groups is 1. The zero-order chi connectivity index (χ0) is 10.3. The molecule has 0 fully saturated rings. The Bertz CT molecular complexity index is 148. The molecule has 0 radical (unpaired) electrons. The predicted molar refractivity (Wildman–Crippen MR) is 58.1 cm³/mol. The predicted octanol–water partition coefficient (Wildman–Crippen LogP) is 2.86. The highest BCUT2D eigenvalue weighted by Gasteiger charge is 2.19. The van der Waals surface area contributed by atoms with Crippen molar-refractivity contribution >= 4 is 17.7 Å². The van der Waals surface area contributed by atoms with E-state index in [4.69, 9.17) is 4.74 Å². The summed E-state index contributed by atoms with van der Waals surface area (Å²) >= 11 is 1.72. The highest BCUT2D eigenvalue weighted by atomic mass is 32.2. The van der Waals surface area contributed by atoms with E-state index in [1.807, 2.05) is 13.8 Å². The SMILES string of the molecule is CCOC(=O)C(CC)SC(C)CC. The monoisotopic (exact) mass is 204 g/mol. The van der Waals surface area contributed by atoms with E-state index >= 15 is 0 Å². The minimum atomic E-state index is -0.0599. The third-order valence-electron chi connectivity index (χ3n) is 1.89. The van der Waals surface area contributed by atoms with E-state index in [2.05, 4.69) is 13.8 Å². The lowest BCUT2D eigenvalue weighted by Gasteiger charge is -2.16. The van der Waals surface area contributed by atoms with Crippen LogP contribution in [0.3, 0.4) is 0 Å². The van der Waals surface area contributed by atoms with Gasteiger partial charge in [0.1, 0.15) is 5.25 Å². The Morgan fingerprint density at radius 1 is 1.31 bits per heavy atom. The summed E-state index contributed by atoms with van der Waals surface area (Å²) in [5.74, 6) is -0.0599. The van der Waals surface area contributed by atoms with Crippen molar-refractivity contribution in [1.82, 2.24) is 0 Å². The highest BCUT2D eigenvalue weighted by Crippen LogP contribution is 2.23. The van der Waals surface area contributed by atoms with E-state index in [-0.39, 0.29) is 11.2 Å². The van der Waals surface area contributed by atoms with Crippen molar-refractivity contribution in [3.63, 3.8) is 0 Å². The summed E-state index contributed by atoms with van der Waals surface area (Å²) in [5.41, 5.74) is 0. The van der Waals surface area contributed by atoms with Gasteiger partial charge in [-0.15, -0.1) is 11.8 Å². The molecule has 0 bridgehead atoms. The van der Waals surface area contributed by atoms with Crippen LogP contribution in [0.1, 0.15) is 40.5 Å². The summed E-state index contributed by atoms with van der Waals surface area (Å²) in [5, 5.41) is 0.559. The standard InChI is InChI=1S/C10H20O2S/c1-5-8(4)13-9(6-2)10(11)12-7-3/h8-9H,5-7H2,1-4H3. The quantitative estimate of drug-likeness (QED) is 0.622. The van der Waals surface area contributed by atoms with Gasteiger partial charge in [-0.05, 0) is 19.8 Å². The average molecular weight is 204 g/mol. The molecule has 0 N–H and O–H groups in total. The first-order chi connectivity index (χ1) is 6.15. The summed E-state index contributed by atoms with van der Waals surface area (Å²) in [7, 11) is 0. The van der Waals surface area contributed by atoms with Gasteiger partial charge in [-0.3, -0.25) is 4.79 Å². The molecular formula is C10H20O2S. The number of ether oxygens (including phenoxy) is 1. The molecule has 0 aromatic rings. The van der Waals surface area contributed by atoms with Crippen LogP contribution in [0.5, 0.6) is 0 Å². The molecule has 0 spiro atoms. The van der Waals surface area contributed by atoms with E-state index in [0.717, 1.165) is 12.8 Å². The molecule has 2 unspecified atom stereocenters.